The monoisotopic (exact) mass is 315 g/mol. The van der Waals surface area contributed by atoms with Gasteiger partial charge < -0.3 is 0 Å². The molecule has 6 nitrogen and oxygen atoms in total. The molecule has 2 heterocycles. The van der Waals surface area contributed by atoms with Gasteiger partial charge in [0.1, 0.15) is 5.75 Å². The lowest BCUT2D eigenvalue weighted by Crippen LogP contribution is -2.50. The van der Waals surface area contributed by atoms with Gasteiger partial charge >= 0.3 is 0 Å². The van der Waals surface area contributed by atoms with Crippen LogP contribution < -0.4 is 4.90 Å². The summed E-state index contributed by atoms with van der Waals surface area (Å²) >= 11 is 0. The molecule has 2 aliphatic heterocycles. The first kappa shape index (κ1) is 13.6. The van der Waals surface area contributed by atoms with Crippen LogP contribution in [0.5, 0.6) is 0 Å². The molecule has 1 spiro atoms. The molecule has 1 atom stereocenters. The molecule has 20 heavy (non-hydrogen) atoms. The van der Waals surface area contributed by atoms with Crippen LogP contribution in [-0.2, 0) is 24.5 Å². The number of carbonyl (C=O) groups is 1. The first-order valence-corrected chi connectivity index (χ1v) is 9.56. The number of hydrogen-bond acceptors (Lipinski definition) is 5. The van der Waals surface area contributed by atoms with E-state index in [-0.39, 0.29) is 12.2 Å². The van der Waals surface area contributed by atoms with Gasteiger partial charge in [-0.15, -0.1) is 0 Å². The van der Waals surface area contributed by atoms with E-state index < -0.39 is 42.0 Å². The van der Waals surface area contributed by atoms with E-state index in [9.17, 15) is 21.6 Å². The fourth-order valence-corrected chi connectivity index (χ4v) is 7.67. The van der Waals surface area contributed by atoms with E-state index in [0.29, 0.717) is 5.69 Å². The van der Waals surface area contributed by atoms with Crippen molar-refractivity contribution in [1.82, 2.24) is 0 Å². The molecule has 0 aromatic heterocycles. The molecule has 1 amide bonds. The van der Waals surface area contributed by atoms with E-state index >= 15 is 0 Å². The number of sulfone groups is 2. The summed E-state index contributed by atoms with van der Waals surface area (Å²) in [5.74, 6) is -1.91. The Balaban J connectivity index is 2.20. The second-order valence-electron chi connectivity index (χ2n) is 5.11. The van der Waals surface area contributed by atoms with Gasteiger partial charge in [0, 0.05) is 12.1 Å². The molecule has 0 saturated carbocycles. The van der Waals surface area contributed by atoms with Crippen molar-refractivity contribution in [3.8, 4) is 0 Å². The number of benzene rings is 1. The molecular weight excluding hydrogens is 302 g/mol. The van der Waals surface area contributed by atoms with E-state index in [4.69, 9.17) is 0 Å². The highest BCUT2D eigenvalue weighted by atomic mass is 32.2. The fraction of sp³-hybridized carbons (Fsp3) is 0.417. The van der Waals surface area contributed by atoms with Crippen molar-refractivity contribution in [2.45, 2.75) is 11.3 Å². The van der Waals surface area contributed by atoms with Crippen LogP contribution in [0.3, 0.4) is 0 Å². The van der Waals surface area contributed by atoms with Gasteiger partial charge in [-0.3, -0.25) is 9.69 Å². The summed E-state index contributed by atoms with van der Waals surface area (Å²) in [5.41, 5.74) is 0.427. The number of para-hydroxylation sites is 1. The minimum atomic E-state index is -3.81. The van der Waals surface area contributed by atoms with Gasteiger partial charge in [0.25, 0.3) is 0 Å². The van der Waals surface area contributed by atoms with Gasteiger partial charge in [0.05, 0.1) is 11.5 Å². The molecule has 1 aromatic carbocycles. The summed E-state index contributed by atoms with van der Waals surface area (Å²) in [6.07, 6.45) is -0.0572. The lowest BCUT2D eigenvalue weighted by molar-refractivity contribution is -0.116. The lowest BCUT2D eigenvalue weighted by atomic mass is 10.1. The molecule has 108 valence electrons. The highest BCUT2D eigenvalue weighted by Crippen LogP contribution is 2.42. The zero-order valence-corrected chi connectivity index (χ0v) is 12.2. The Morgan fingerprint density at radius 2 is 1.70 bits per heavy atom. The molecule has 0 radical (unpaired) electrons. The Hall–Kier alpha value is -1.41. The second-order valence-corrected chi connectivity index (χ2v) is 9.57. The van der Waals surface area contributed by atoms with E-state index in [2.05, 4.69) is 0 Å². The van der Waals surface area contributed by atoms with Crippen LogP contribution in [0, 0.1) is 0 Å². The van der Waals surface area contributed by atoms with Crippen LogP contribution in [-0.4, -0.2) is 44.9 Å². The third-order valence-electron chi connectivity index (χ3n) is 3.81. The Morgan fingerprint density at radius 1 is 1.05 bits per heavy atom. The number of anilines is 1. The smallest absolute Gasteiger partial charge is 0.243 e. The van der Waals surface area contributed by atoms with Gasteiger partial charge in [-0.2, -0.15) is 0 Å². The van der Waals surface area contributed by atoms with Crippen molar-refractivity contribution in [2.24, 2.45) is 0 Å². The standard InChI is InChI=1S/C12H13NO5S2/c14-11-8-20(17,18)12(6-7-19(15,16)9-12)13(11)10-4-2-1-3-5-10/h1-5H,6-9H2/t12-/m0/s1. The van der Waals surface area contributed by atoms with E-state index in [1.54, 1.807) is 30.3 Å². The molecule has 0 aliphatic carbocycles. The number of nitrogens with zero attached hydrogens (tertiary/aromatic N) is 1. The van der Waals surface area contributed by atoms with Crippen LogP contribution in [0.25, 0.3) is 0 Å². The normalized spacial score (nSPS) is 31.0. The molecular formula is C12H13NO5S2. The lowest BCUT2D eigenvalue weighted by Gasteiger charge is -2.32. The Morgan fingerprint density at radius 3 is 2.25 bits per heavy atom. The Labute approximate surface area is 117 Å². The van der Waals surface area contributed by atoms with Crippen molar-refractivity contribution in [3.05, 3.63) is 30.3 Å². The minimum absolute atomic E-state index is 0.0572. The third-order valence-corrected chi connectivity index (χ3v) is 8.05. The minimum Gasteiger partial charge on any atom is -0.290 e. The van der Waals surface area contributed by atoms with Crippen molar-refractivity contribution in [3.63, 3.8) is 0 Å². The van der Waals surface area contributed by atoms with Crippen LogP contribution in [0.15, 0.2) is 30.3 Å². The molecule has 2 saturated heterocycles. The second kappa shape index (κ2) is 4.05. The quantitative estimate of drug-likeness (QED) is 0.726. The number of hydrogen-bond donors (Lipinski definition) is 0. The maximum atomic E-state index is 12.3. The molecule has 3 rings (SSSR count). The average Bonchev–Trinajstić information content (AvgIpc) is 2.76. The highest BCUT2D eigenvalue weighted by molar-refractivity contribution is 7.97. The molecule has 2 fully saturated rings. The largest absolute Gasteiger partial charge is 0.290 e. The Kier molecular flexibility index (Phi) is 2.74. The predicted molar refractivity (Wildman–Crippen MR) is 73.7 cm³/mol. The zero-order chi connectivity index (χ0) is 14.6. The number of rotatable bonds is 1. The fourth-order valence-electron chi connectivity index (χ4n) is 2.91. The molecule has 0 unspecified atom stereocenters. The van der Waals surface area contributed by atoms with Crippen molar-refractivity contribution in [2.75, 3.05) is 22.2 Å². The summed E-state index contributed by atoms with van der Waals surface area (Å²) in [7, 11) is -7.25. The maximum absolute atomic E-state index is 12.3. The summed E-state index contributed by atoms with van der Waals surface area (Å²) < 4.78 is 48.2. The van der Waals surface area contributed by atoms with Crippen LogP contribution in [0.2, 0.25) is 0 Å². The molecule has 1 aromatic rings. The van der Waals surface area contributed by atoms with E-state index in [1.807, 2.05) is 0 Å². The molecule has 8 heteroatoms. The molecule has 2 aliphatic rings. The zero-order valence-electron chi connectivity index (χ0n) is 10.5. The third kappa shape index (κ3) is 1.78. The first-order chi connectivity index (χ1) is 9.28. The first-order valence-electron chi connectivity index (χ1n) is 6.08. The van der Waals surface area contributed by atoms with E-state index in [1.165, 1.54) is 0 Å². The van der Waals surface area contributed by atoms with Gasteiger partial charge in [-0.25, -0.2) is 16.8 Å². The molecule has 0 N–H and O–H groups in total. The summed E-state index contributed by atoms with van der Waals surface area (Å²) in [5, 5.41) is 0. The van der Waals surface area contributed by atoms with E-state index in [0.717, 1.165) is 4.90 Å². The maximum Gasteiger partial charge on any atom is 0.243 e. The number of carbonyl (C=O) groups excluding carboxylic acids is 1. The predicted octanol–water partition coefficient (Wildman–Crippen LogP) is -0.0372. The van der Waals surface area contributed by atoms with Crippen LogP contribution in [0.1, 0.15) is 6.42 Å². The van der Waals surface area contributed by atoms with Crippen molar-refractivity contribution in [1.29, 1.82) is 0 Å². The van der Waals surface area contributed by atoms with Gasteiger partial charge in [-0.05, 0) is 12.1 Å². The van der Waals surface area contributed by atoms with Crippen LogP contribution >= 0.6 is 0 Å². The van der Waals surface area contributed by atoms with Crippen molar-refractivity contribution < 1.29 is 21.6 Å². The highest BCUT2D eigenvalue weighted by Gasteiger charge is 2.62. The Bertz CT molecular complexity index is 769. The van der Waals surface area contributed by atoms with Crippen LogP contribution in [0.4, 0.5) is 5.69 Å². The van der Waals surface area contributed by atoms with Gasteiger partial charge in [0.15, 0.2) is 24.5 Å². The number of amides is 1. The summed E-state index contributed by atoms with van der Waals surface area (Å²) in [6, 6.07) is 8.35. The summed E-state index contributed by atoms with van der Waals surface area (Å²) in [6.45, 7) is 0. The summed E-state index contributed by atoms with van der Waals surface area (Å²) in [4.78, 5) is 11.7. The topological polar surface area (TPSA) is 88.6 Å². The van der Waals surface area contributed by atoms with Gasteiger partial charge in [-0.1, -0.05) is 18.2 Å². The SMILES string of the molecule is O=C1CS(=O)(=O)[C@]2(CCS(=O)(=O)C2)N1c1ccccc1. The molecule has 0 bridgehead atoms. The average molecular weight is 315 g/mol. The van der Waals surface area contributed by atoms with Gasteiger partial charge in [0.2, 0.25) is 5.91 Å². The van der Waals surface area contributed by atoms with Crippen molar-refractivity contribution >= 4 is 31.3 Å².